The maximum Gasteiger partial charge on any atom is 0.346 e. The number of carbonyl (C=O) groups is 1. The van der Waals surface area contributed by atoms with Crippen molar-refractivity contribution >= 4 is 12.0 Å². The molecule has 0 bridgehead atoms. The number of carboxylic acids is 1. The lowest BCUT2D eigenvalue weighted by molar-refractivity contribution is -0.132. The first kappa shape index (κ1) is 17.2. The lowest BCUT2D eigenvalue weighted by Gasteiger charge is -2.02. The molecule has 5 nitrogen and oxygen atoms in total. The van der Waals surface area contributed by atoms with Gasteiger partial charge in [0.1, 0.15) is 11.6 Å². The fraction of sp³-hybridized carbons (Fsp3) is 0.0952. The van der Waals surface area contributed by atoms with Crippen molar-refractivity contribution in [1.82, 2.24) is 9.78 Å². The Hall–Kier alpha value is -3.65. The highest BCUT2D eigenvalue weighted by Gasteiger charge is 2.14. The van der Waals surface area contributed by atoms with Gasteiger partial charge >= 0.3 is 5.97 Å². The molecule has 0 saturated heterocycles. The number of carboxylic acid groups (broad SMARTS) is 1. The van der Waals surface area contributed by atoms with Crippen molar-refractivity contribution in [3.05, 3.63) is 83.1 Å². The Kier molecular flexibility index (Phi) is 4.95. The maximum atomic E-state index is 11.2. The third kappa shape index (κ3) is 3.87. The van der Waals surface area contributed by atoms with E-state index in [2.05, 4.69) is 5.10 Å². The van der Waals surface area contributed by atoms with Crippen LogP contribution in [0, 0.1) is 18.3 Å². The van der Waals surface area contributed by atoms with Gasteiger partial charge in [-0.3, -0.25) is 4.68 Å². The molecule has 0 aliphatic rings. The summed E-state index contributed by atoms with van der Waals surface area (Å²) in [5, 5.41) is 22.9. The summed E-state index contributed by atoms with van der Waals surface area (Å²) in [5.74, 6) is -1.25. The zero-order chi connectivity index (χ0) is 18.5. The first-order valence-electron chi connectivity index (χ1n) is 8.10. The second-order valence-electron chi connectivity index (χ2n) is 5.96. The molecule has 5 heteroatoms. The van der Waals surface area contributed by atoms with Crippen LogP contribution in [0.3, 0.4) is 0 Å². The van der Waals surface area contributed by atoms with E-state index in [4.69, 9.17) is 10.4 Å². The van der Waals surface area contributed by atoms with E-state index in [9.17, 15) is 4.79 Å². The van der Waals surface area contributed by atoms with Gasteiger partial charge in [0, 0.05) is 17.3 Å². The van der Waals surface area contributed by atoms with E-state index >= 15 is 0 Å². The summed E-state index contributed by atoms with van der Waals surface area (Å²) in [6.07, 6.45) is 3.14. The second kappa shape index (κ2) is 7.49. The number of aromatic nitrogens is 2. The molecule has 1 aromatic heterocycles. The van der Waals surface area contributed by atoms with E-state index in [0.29, 0.717) is 17.8 Å². The van der Waals surface area contributed by atoms with Gasteiger partial charge in [-0.15, -0.1) is 0 Å². The molecule has 3 aromatic rings. The van der Waals surface area contributed by atoms with Gasteiger partial charge in [0.2, 0.25) is 0 Å². The number of rotatable bonds is 5. The fourth-order valence-corrected chi connectivity index (χ4v) is 2.71. The SMILES string of the molecule is Cc1cccc(-c2nn(Cc3ccccc3)cc2/C=C(\C#N)C(=O)O)c1. The van der Waals surface area contributed by atoms with Gasteiger partial charge in [-0.2, -0.15) is 10.4 Å². The molecule has 0 unspecified atom stereocenters. The van der Waals surface area contributed by atoms with E-state index in [-0.39, 0.29) is 5.57 Å². The standard InChI is InChI=1S/C21H17N3O2/c1-15-6-5-9-17(10-15)20-19(11-18(12-22)21(25)26)14-24(23-20)13-16-7-3-2-4-8-16/h2-11,14H,13H2,1H3,(H,25,26)/b18-11+. The first-order chi connectivity index (χ1) is 12.6. The summed E-state index contributed by atoms with van der Waals surface area (Å²) in [7, 11) is 0. The van der Waals surface area contributed by atoms with Crippen LogP contribution in [0.15, 0.2) is 66.4 Å². The summed E-state index contributed by atoms with van der Waals surface area (Å²) in [6, 6.07) is 19.4. The molecule has 0 fully saturated rings. The molecule has 0 atom stereocenters. The van der Waals surface area contributed by atoms with E-state index < -0.39 is 5.97 Å². The van der Waals surface area contributed by atoms with Gasteiger partial charge in [-0.25, -0.2) is 4.79 Å². The number of benzene rings is 2. The van der Waals surface area contributed by atoms with Crippen LogP contribution in [0.4, 0.5) is 0 Å². The molecule has 1 heterocycles. The smallest absolute Gasteiger partial charge is 0.346 e. The highest BCUT2D eigenvalue weighted by molar-refractivity contribution is 5.97. The molecule has 26 heavy (non-hydrogen) atoms. The summed E-state index contributed by atoms with van der Waals surface area (Å²) >= 11 is 0. The number of hydrogen-bond acceptors (Lipinski definition) is 3. The van der Waals surface area contributed by atoms with Gasteiger partial charge in [-0.05, 0) is 24.6 Å². The Morgan fingerprint density at radius 2 is 2.00 bits per heavy atom. The van der Waals surface area contributed by atoms with Crippen LogP contribution in [0.2, 0.25) is 0 Å². The molecule has 0 aliphatic heterocycles. The Bertz CT molecular complexity index is 1010. The first-order valence-corrected chi connectivity index (χ1v) is 8.10. The number of nitrogens with zero attached hydrogens (tertiary/aromatic N) is 3. The predicted octanol–water partition coefficient (Wildman–Crippen LogP) is 3.90. The van der Waals surface area contributed by atoms with Crippen molar-refractivity contribution in [1.29, 1.82) is 5.26 Å². The van der Waals surface area contributed by atoms with Gasteiger partial charge in [-0.1, -0.05) is 54.1 Å². The summed E-state index contributed by atoms with van der Waals surface area (Å²) < 4.78 is 1.76. The van der Waals surface area contributed by atoms with Crippen LogP contribution < -0.4 is 0 Å². The largest absolute Gasteiger partial charge is 0.477 e. The summed E-state index contributed by atoms with van der Waals surface area (Å²) in [5.41, 5.74) is 3.97. The zero-order valence-electron chi connectivity index (χ0n) is 14.3. The Morgan fingerprint density at radius 1 is 1.23 bits per heavy atom. The molecule has 1 N–H and O–H groups in total. The molecular formula is C21H17N3O2. The lowest BCUT2D eigenvalue weighted by Crippen LogP contribution is -2.00. The Balaban J connectivity index is 2.08. The minimum atomic E-state index is -1.25. The quantitative estimate of drug-likeness (QED) is 0.563. The van der Waals surface area contributed by atoms with Crippen molar-refractivity contribution in [3.63, 3.8) is 0 Å². The molecule has 0 spiro atoms. The molecule has 0 saturated carbocycles. The average Bonchev–Trinajstić information content (AvgIpc) is 3.02. The minimum Gasteiger partial charge on any atom is -0.477 e. The Labute approximate surface area is 151 Å². The molecule has 0 aliphatic carbocycles. The van der Waals surface area contributed by atoms with E-state index in [1.165, 1.54) is 6.08 Å². The topological polar surface area (TPSA) is 78.9 Å². The highest BCUT2D eigenvalue weighted by atomic mass is 16.4. The van der Waals surface area contributed by atoms with Gasteiger partial charge < -0.3 is 5.11 Å². The number of aryl methyl sites for hydroxylation is 1. The molecule has 2 aromatic carbocycles. The van der Waals surface area contributed by atoms with Crippen molar-refractivity contribution in [3.8, 4) is 17.3 Å². The summed E-state index contributed by atoms with van der Waals surface area (Å²) in [6.45, 7) is 2.54. The minimum absolute atomic E-state index is 0.321. The van der Waals surface area contributed by atoms with E-state index in [1.807, 2.05) is 61.5 Å². The van der Waals surface area contributed by atoms with Crippen molar-refractivity contribution in [2.75, 3.05) is 0 Å². The Morgan fingerprint density at radius 3 is 2.65 bits per heavy atom. The van der Waals surface area contributed by atoms with Crippen molar-refractivity contribution in [2.24, 2.45) is 0 Å². The van der Waals surface area contributed by atoms with E-state index in [1.54, 1.807) is 16.9 Å². The van der Waals surface area contributed by atoms with Crippen molar-refractivity contribution < 1.29 is 9.90 Å². The van der Waals surface area contributed by atoms with Crippen molar-refractivity contribution in [2.45, 2.75) is 13.5 Å². The predicted molar refractivity (Wildman–Crippen MR) is 99.2 cm³/mol. The highest BCUT2D eigenvalue weighted by Crippen LogP contribution is 2.25. The normalized spacial score (nSPS) is 11.2. The number of nitriles is 1. The van der Waals surface area contributed by atoms with Gasteiger partial charge in [0.15, 0.2) is 0 Å². The lowest BCUT2D eigenvalue weighted by atomic mass is 10.0. The zero-order valence-corrected chi connectivity index (χ0v) is 14.3. The van der Waals surface area contributed by atoms with Gasteiger partial charge in [0.05, 0.1) is 12.2 Å². The molecule has 3 rings (SSSR count). The fourth-order valence-electron chi connectivity index (χ4n) is 2.71. The van der Waals surface area contributed by atoms with Crippen LogP contribution in [0.5, 0.6) is 0 Å². The van der Waals surface area contributed by atoms with Crippen LogP contribution in [0.25, 0.3) is 17.3 Å². The maximum absolute atomic E-state index is 11.2. The third-order valence-electron chi connectivity index (χ3n) is 3.92. The monoisotopic (exact) mass is 343 g/mol. The molecule has 128 valence electrons. The van der Waals surface area contributed by atoms with Crippen LogP contribution >= 0.6 is 0 Å². The third-order valence-corrected chi connectivity index (χ3v) is 3.92. The molecule has 0 amide bonds. The van der Waals surface area contributed by atoms with E-state index in [0.717, 1.165) is 16.7 Å². The molecule has 0 radical (unpaired) electrons. The van der Waals surface area contributed by atoms with Crippen LogP contribution in [-0.2, 0) is 11.3 Å². The number of aliphatic carboxylic acids is 1. The average molecular weight is 343 g/mol. The summed E-state index contributed by atoms with van der Waals surface area (Å²) in [4.78, 5) is 11.2. The van der Waals surface area contributed by atoms with Crippen LogP contribution in [-0.4, -0.2) is 20.9 Å². The number of hydrogen-bond donors (Lipinski definition) is 1. The van der Waals surface area contributed by atoms with Gasteiger partial charge in [0.25, 0.3) is 0 Å². The van der Waals surface area contributed by atoms with Crippen LogP contribution in [0.1, 0.15) is 16.7 Å². The molecular weight excluding hydrogens is 326 g/mol. The second-order valence-corrected chi connectivity index (χ2v) is 5.96.